The zero-order valence-corrected chi connectivity index (χ0v) is 11.4. The van der Waals surface area contributed by atoms with E-state index >= 15 is 0 Å². The zero-order valence-electron chi connectivity index (χ0n) is 9.03. The molecule has 0 spiro atoms. The van der Waals surface area contributed by atoms with Crippen molar-refractivity contribution in [1.29, 1.82) is 0 Å². The number of fused-ring (bicyclic) bond motifs is 1. The molecule has 2 atom stereocenters. The van der Waals surface area contributed by atoms with Gasteiger partial charge in [0.15, 0.2) is 0 Å². The van der Waals surface area contributed by atoms with Gasteiger partial charge in [0.25, 0.3) is 0 Å². The van der Waals surface area contributed by atoms with Crippen LogP contribution in [0.1, 0.15) is 17.8 Å². The van der Waals surface area contributed by atoms with Crippen LogP contribution in [-0.4, -0.2) is 18.1 Å². The Morgan fingerprint density at radius 2 is 2.31 bits per heavy atom. The minimum Gasteiger partial charge on any atom is -0.316 e. The molecule has 1 aliphatic rings. The van der Waals surface area contributed by atoms with E-state index in [0.717, 1.165) is 23.1 Å². The van der Waals surface area contributed by atoms with Crippen molar-refractivity contribution in [3.8, 4) is 0 Å². The highest BCUT2D eigenvalue weighted by Gasteiger charge is 2.27. The normalized spacial score (nSPS) is 25.4. The Kier molecular flexibility index (Phi) is 2.73. The van der Waals surface area contributed by atoms with Crippen LogP contribution in [0.15, 0.2) is 22.7 Å². The first kappa shape index (κ1) is 10.7. The van der Waals surface area contributed by atoms with Crippen molar-refractivity contribution in [2.24, 2.45) is 5.92 Å². The van der Waals surface area contributed by atoms with E-state index in [2.05, 4.69) is 46.4 Å². The third-order valence-electron chi connectivity index (χ3n) is 3.20. The molecule has 0 amide bonds. The van der Waals surface area contributed by atoms with Crippen LogP contribution < -0.4 is 5.32 Å². The molecule has 1 aromatic carbocycles. The molecule has 0 bridgehead atoms. The lowest BCUT2D eigenvalue weighted by atomic mass is 9.99. The van der Waals surface area contributed by atoms with Gasteiger partial charge in [0, 0.05) is 16.9 Å². The summed E-state index contributed by atoms with van der Waals surface area (Å²) in [5, 5.41) is 4.72. The summed E-state index contributed by atoms with van der Waals surface area (Å²) in [5.41, 5.74) is 1.12. The molecule has 1 aromatic heterocycles. The van der Waals surface area contributed by atoms with Gasteiger partial charge in [-0.05, 0) is 30.7 Å². The number of nitrogens with one attached hydrogen (secondary N) is 1. The molecule has 0 aliphatic carbocycles. The van der Waals surface area contributed by atoms with Crippen molar-refractivity contribution in [3.63, 3.8) is 0 Å². The molecule has 1 fully saturated rings. The fraction of sp³-hybridized carbons (Fsp3) is 0.417. The molecule has 84 valence electrons. The zero-order chi connectivity index (χ0) is 11.1. The SMILES string of the molecule is C[C@@H]1CNC[C@H]1c1nc2cc(Br)ccc2s1. The van der Waals surface area contributed by atoms with Crippen LogP contribution in [0.25, 0.3) is 10.2 Å². The van der Waals surface area contributed by atoms with E-state index in [-0.39, 0.29) is 0 Å². The summed E-state index contributed by atoms with van der Waals surface area (Å²) in [6, 6.07) is 6.33. The van der Waals surface area contributed by atoms with E-state index in [0.29, 0.717) is 11.8 Å². The first-order valence-corrected chi connectivity index (χ1v) is 7.11. The first-order chi connectivity index (χ1) is 7.74. The van der Waals surface area contributed by atoms with Crippen LogP contribution in [0.4, 0.5) is 0 Å². The fourth-order valence-corrected chi connectivity index (χ4v) is 3.75. The van der Waals surface area contributed by atoms with Gasteiger partial charge >= 0.3 is 0 Å². The minimum absolute atomic E-state index is 0.594. The second-order valence-corrected chi connectivity index (χ2v) is 6.38. The predicted octanol–water partition coefficient (Wildman–Crippen LogP) is 3.38. The van der Waals surface area contributed by atoms with Crippen molar-refractivity contribution >= 4 is 37.5 Å². The van der Waals surface area contributed by atoms with Gasteiger partial charge in [0.05, 0.1) is 15.2 Å². The van der Waals surface area contributed by atoms with Crippen LogP contribution in [0.3, 0.4) is 0 Å². The number of aromatic nitrogens is 1. The molecular weight excluding hydrogens is 284 g/mol. The van der Waals surface area contributed by atoms with Gasteiger partial charge in [0.2, 0.25) is 0 Å². The first-order valence-electron chi connectivity index (χ1n) is 5.51. The fourth-order valence-electron chi connectivity index (χ4n) is 2.22. The highest BCUT2D eigenvalue weighted by Crippen LogP contribution is 2.34. The van der Waals surface area contributed by atoms with Crippen LogP contribution >= 0.6 is 27.3 Å². The lowest BCUT2D eigenvalue weighted by Gasteiger charge is -2.09. The molecule has 4 heteroatoms. The Morgan fingerprint density at radius 3 is 3.06 bits per heavy atom. The Bertz CT molecular complexity index is 523. The molecule has 2 aromatic rings. The van der Waals surface area contributed by atoms with Crippen molar-refractivity contribution in [3.05, 3.63) is 27.7 Å². The minimum atomic E-state index is 0.594. The molecule has 3 rings (SSSR count). The second kappa shape index (κ2) is 4.09. The summed E-state index contributed by atoms with van der Waals surface area (Å²) in [6.45, 7) is 4.49. The summed E-state index contributed by atoms with van der Waals surface area (Å²) < 4.78 is 2.40. The Hall–Kier alpha value is -0.450. The summed E-state index contributed by atoms with van der Waals surface area (Å²) in [4.78, 5) is 4.75. The van der Waals surface area contributed by atoms with Crippen LogP contribution in [0, 0.1) is 5.92 Å². The van der Waals surface area contributed by atoms with Gasteiger partial charge in [-0.25, -0.2) is 4.98 Å². The number of hydrogen-bond donors (Lipinski definition) is 1. The molecule has 1 N–H and O–H groups in total. The average Bonchev–Trinajstić information content (AvgIpc) is 2.82. The Labute approximate surface area is 107 Å². The van der Waals surface area contributed by atoms with E-state index in [1.807, 2.05) is 11.3 Å². The second-order valence-electron chi connectivity index (χ2n) is 4.41. The quantitative estimate of drug-likeness (QED) is 0.873. The molecule has 2 heterocycles. The Balaban J connectivity index is 2.04. The van der Waals surface area contributed by atoms with Gasteiger partial charge in [-0.3, -0.25) is 0 Å². The molecule has 0 unspecified atom stereocenters. The summed E-state index contributed by atoms with van der Waals surface area (Å²) >= 11 is 5.32. The monoisotopic (exact) mass is 296 g/mol. The largest absolute Gasteiger partial charge is 0.316 e. The van der Waals surface area contributed by atoms with Crippen molar-refractivity contribution < 1.29 is 0 Å². The maximum Gasteiger partial charge on any atom is 0.0985 e. The van der Waals surface area contributed by atoms with E-state index in [4.69, 9.17) is 4.98 Å². The Morgan fingerprint density at radius 1 is 1.44 bits per heavy atom. The predicted molar refractivity (Wildman–Crippen MR) is 72.1 cm³/mol. The van der Waals surface area contributed by atoms with Crippen molar-refractivity contribution in [2.45, 2.75) is 12.8 Å². The van der Waals surface area contributed by atoms with Crippen LogP contribution in [0.2, 0.25) is 0 Å². The van der Waals surface area contributed by atoms with Gasteiger partial charge in [-0.15, -0.1) is 11.3 Å². The summed E-state index contributed by atoms with van der Waals surface area (Å²) in [5.74, 6) is 1.29. The molecular formula is C12H13BrN2S. The number of halogens is 1. The average molecular weight is 297 g/mol. The number of nitrogens with zero attached hydrogens (tertiary/aromatic N) is 1. The van der Waals surface area contributed by atoms with E-state index in [9.17, 15) is 0 Å². The van der Waals surface area contributed by atoms with Crippen molar-refractivity contribution in [1.82, 2.24) is 10.3 Å². The van der Waals surface area contributed by atoms with Gasteiger partial charge in [-0.2, -0.15) is 0 Å². The third kappa shape index (κ3) is 1.79. The van der Waals surface area contributed by atoms with Crippen molar-refractivity contribution in [2.75, 3.05) is 13.1 Å². The number of hydrogen-bond acceptors (Lipinski definition) is 3. The maximum absolute atomic E-state index is 4.75. The maximum atomic E-state index is 4.75. The van der Waals surface area contributed by atoms with Crippen LogP contribution in [-0.2, 0) is 0 Å². The lowest BCUT2D eigenvalue weighted by molar-refractivity contribution is 0.570. The van der Waals surface area contributed by atoms with Gasteiger partial charge in [-0.1, -0.05) is 22.9 Å². The van der Waals surface area contributed by atoms with E-state index in [1.165, 1.54) is 9.71 Å². The molecule has 0 saturated carbocycles. The highest BCUT2D eigenvalue weighted by molar-refractivity contribution is 9.10. The number of benzene rings is 1. The number of thiazole rings is 1. The van der Waals surface area contributed by atoms with Crippen LogP contribution in [0.5, 0.6) is 0 Å². The lowest BCUT2D eigenvalue weighted by Crippen LogP contribution is -2.07. The summed E-state index contributed by atoms with van der Waals surface area (Å²) in [6.07, 6.45) is 0. The smallest absolute Gasteiger partial charge is 0.0985 e. The number of rotatable bonds is 1. The van der Waals surface area contributed by atoms with E-state index < -0.39 is 0 Å². The molecule has 0 radical (unpaired) electrons. The molecule has 1 saturated heterocycles. The molecule has 1 aliphatic heterocycles. The van der Waals surface area contributed by atoms with Gasteiger partial charge in [0.1, 0.15) is 0 Å². The molecule has 2 nitrogen and oxygen atoms in total. The van der Waals surface area contributed by atoms with E-state index in [1.54, 1.807) is 0 Å². The highest BCUT2D eigenvalue weighted by atomic mass is 79.9. The van der Waals surface area contributed by atoms with Gasteiger partial charge < -0.3 is 5.32 Å². The third-order valence-corrected chi connectivity index (χ3v) is 4.86. The topological polar surface area (TPSA) is 24.9 Å². The summed E-state index contributed by atoms with van der Waals surface area (Å²) in [7, 11) is 0. The standard InChI is InChI=1S/C12H13BrN2S/c1-7-5-14-6-9(7)12-15-10-4-8(13)2-3-11(10)16-12/h2-4,7,9,14H,5-6H2,1H3/t7-,9-/m1/s1. The molecule has 16 heavy (non-hydrogen) atoms.